The fourth-order valence-electron chi connectivity index (χ4n) is 4.69. The van der Waals surface area contributed by atoms with Crippen LogP contribution in [-0.2, 0) is 13.0 Å². The van der Waals surface area contributed by atoms with Crippen molar-refractivity contribution in [2.24, 2.45) is 5.92 Å². The van der Waals surface area contributed by atoms with E-state index in [1.54, 1.807) is 25.4 Å². The van der Waals surface area contributed by atoms with E-state index in [0.717, 1.165) is 61.2 Å². The third kappa shape index (κ3) is 5.45. The lowest BCUT2D eigenvalue weighted by Gasteiger charge is -2.21. The molecule has 4 heterocycles. The first-order valence-electron chi connectivity index (χ1n) is 12.1. The van der Waals surface area contributed by atoms with Gasteiger partial charge in [-0.15, -0.1) is 0 Å². The molecule has 1 amide bonds. The maximum absolute atomic E-state index is 13.4. The molecule has 1 fully saturated rings. The van der Waals surface area contributed by atoms with Gasteiger partial charge >= 0.3 is 0 Å². The predicted octanol–water partition coefficient (Wildman–Crippen LogP) is 5.03. The quantitative estimate of drug-likeness (QED) is 0.410. The predicted molar refractivity (Wildman–Crippen MR) is 135 cm³/mol. The Morgan fingerprint density at radius 3 is 2.86 bits per heavy atom. The molecule has 7 heteroatoms. The summed E-state index contributed by atoms with van der Waals surface area (Å²) < 4.78 is 11.4. The molecule has 0 saturated carbocycles. The van der Waals surface area contributed by atoms with E-state index in [9.17, 15) is 4.79 Å². The average molecular weight is 471 g/mol. The summed E-state index contributed by atoms with van der Waals surface area (Å²) in [6.07, 6.45) is 7.64. The summed E-state index contributed by atoms with van der Waals surface area (Å²) in [5, 5.41) is 1.13. The van der Waals surface area contributed by atoms with Crippen molar-refractivity contribution in [1.29, 1.82) is 0 Å². The van der Waals surface area contributed by atoms with Crippen molar-refractivity contribution in [2.45, 2.75) is 32.3 Å². The monoisotopic (exact) mass is 470 g/mol. The second-order valence-electron chi connectivity index (χ2n) is 8.99. The Hall–Kier alpha value is -3.87. The molecule has 1 N–H and O–H groups in total. The van der Waals surface area contributed by atoms with Gasteiger partial charge in [-0.25, -0.2) is 4.98 Å². The van der Waals surface area contributed by atoms with Crippen molar-refractivity contribution in [3.05, 3.63) is 83.9 Å². The highest BCUT2D eigenvalue weighted by atomic mass is 16.5. The zero-order valence-corrected chi connectivity index (χ0v) is 19.9. The molecule has 35 heavy (non-hydrogen) atoms. The Morgan fingerprint density at radius 1 is 1.06 bits per heavy atom. The van der Waals surface area contributed by atoms with Crippen molar-refractivity contribution in [2.75, 3.05) is 20.2 Å². The number of hydrogen-bond donors (Lipinski definition) is 1. The number of H-pyrrole nitrogens is 1. The maximum Gasteiger partial charge on any atom is 0.253 e. The van der Waals surface area contributed by atoms with Crippen LogP contribution in [0.15, 0.2) is 67.0 Å². The molecular weight excluding hydrogens is 440 g/mol. The minimum Gasteiger partial charge on any atom is -0.493 e. The summed E-state index contributed by atoms with van der Waals surface area (Å²) in [6, 6.07) is 17.4. The van der Waals surface area contributed by atoms with Crippen LogP contribution in [0.25, 0.3) is 11.0 Å². The summed E-state index contributed by atoms with van der Waals surface area (Å²) in [5.41, 5.74) is 3.47. The molecule has 5 rings (SSSR count). The maximum atomic E-state index is 13.4. The summed E-state index contributed by atoms with van der Waals surface area (Å²) in [7, 11) is 1.60. The number of carbonyl (C=O) groups excluding carboxylic acids is 1. The second kappa shape index (κ2) is 10.6. The summed E-state index contributed by atoms with van der Waals surface area (Å²) >= 11 is 0. The lowest BCUT2D eigenvalue weighted by Crippen LogP contribution is -2.32. The van der Waals surface area contributed by atoms with E-state index in [2.05, 4.69) is 22.1 Å². The van der Waals surface area contributed by atoms with Crippen LogP contribution in [0.5, 0.6) is 11.5 Å². The minimum absolute atomic E-state index is 0.0296. The number of pyridine rings is 2. The van der Waals surface area contributed by atoms with E-state index in [1.807, 2.05) is 41.4 Å². The fraction of sp³-hybridized carbons (Fsp3) is 0.321. The highest BCUT2D eigenvalue weighted by Crippen LogP contribution is 2.30. The molecule has 1 saturated heterocycles. The van der Waals surface area contributed by atoms with Crippen molar-refractivity contribution in [3.8, 4) is 11.5 Å². The number of likely N-dealkylation sites (tertiary alicyclic amines) is 1. The Kier molecular flexibility index (Phi) is 6.93. The van der Waals surface area contributed by atoms with Crippen LogP contribution in [0, 0.1) is 5.92 Å². The number of nitrogens with one attached hydrogen (secondary N) is 1. The number of rotatable bonds is 7. The topological polar surface area (TPSA) is 80.3 Å². The van der Waals surface area contributed by atoms with Gasteiger partial charge in [-0.1, -0.05) is 6.07 Å². The molecule has 4 aromatic rings. The highest BCUT2D eigenvalue weighted by Gasteiger charge is 2.23. The fourth-order valence-corrected chi connectivity index (χ4v) is 4.69. The van der Waals surface area contributed by atoms with Crippen LogP contribution < -0.4 is 9.47 Å². The van der Waals surface area contributed by atoms with Crippen molar-refractivity contribution in [3.63, 3.8) is 0 Å². The Labute approximate surface area is 205 Å². The molecule has 0 bridgehead atoms. The van der Waals surface area contributed by atoms with Crippen LogP contribution in [0.3, 0.4) is 0 Å². The number of carbonyl (C=O) groups is 1. The van der Waals surface area contributed by atoms with Crippen molar-refractivity contribution in [1.82, 2.24) is 19.9 Å². The van der Waals surface area contributed by atoms with Gasteiger partial charge in [0, 0.05) is 42.1 Å². The molecule has 1 aromatic carbocycles. The first-order valence-corrected chi connectivity index (χ1v) is 12.1. The Balaban J connectivity index is 1.23. The summed E-state index contributed by atoms with van der Waals surface area (Å²) in [5.74, 6) is 1.69. The molecule has 0 spiro atoms. The zero-order chi connectivity index (χ0) is 24.0. The first-order chi connectivity index (χ1) is 17.2. The van der Waals surface area contributed by atoms with Gasteiger partial charge in [0.05, 0.1) is 12.8 Å². The normalized spacial score (nSPS) is 16.1. The van der Waals surface area contributed by atoms with E-state index >= 15 is 0 Å². The SMILES string of the molecule is COc1ccc(C(=O)N2CCCC(Cc3ccc4cc[nH]c4n3)CC2)cc1OCc1ccccn1. The second-order valence-corrected chi connectivity index (χ2v) is 8.99. The zero-order valence-electron chi connectivity index (χ0n) is 19.9. The highest BCUT2D eigenvalue weighted by molar-refractivity contribution is 5.95. The number of benzene rings is 1. The van der Waals surface area contributed by atoms with Gasteiger partial charge < -0.3 is 19.4 Å². The van der Waals surface area contributed by atoms with Crippen LogP contribution in [-0.4, -0.2) is 46.0 Å². The number of fused-ring (bicyclic) bond motifs is 1. The third-order valence-electron chi connectivity index (χ3n) is 6.61. The summed E-state index contributed by atoms with van der Waals surface area (Å²) in [4.78, 5) is 27.6. The Morgan fingerprint density at radius 2 is 2.00 bits per heavy atom. The first kappa shape index (κ1) is 22.9. The Bertz CT molecular complexity index is 1290. The van der Waals surface area contributed by atoms with Gasteiger partial charge in [-0.3, -0.25) is 9.78 Å². The molecule has 180 valence electrons. The number of aromatic nitrogens is 3. The molecule has 1 unspecified atom stereocenters. The van der Waals surface area contributed by atoms with Crippen molar-refractivity contribution >= 4 is 16.9 Å². The van der Waals surface area contributed by atoms with Gasteiger partial charge in [0.25, 0.3) is 5.91 Å². The van der Waals surface area contributed by atoms with Crippen LogP contribution in [0.4, 0.5) is 0 Å². The number of amides is 1. The van der Waals surface area contributed by atoms with Gasteiger partial charge in [-0.05, 0) is 80.1 Å². The van der Waals surface area contributed by atoms with Gasteiger partial charge in [-0.2, -0.15) is 0 Å². The van der Waals surface area contributed by atoms with E-state index in [4.69, 9.17) is 14.5 Å². The van der Waals surface area contributed by atoms with Gasteiger partial charge in [0.1, 0.15) is 12.3 Å². The van der Waals surface area contributed by atoms with Crippen LogP contribution in [0.1, 0.15) is 41.0 Å². The summed E-state index contributed by atoms with van der Waals surface area (Å²) in [6.45, 7) is 1.81. The van der Waals surface area contributed by atoms with Crippen LogP contribution in [0.2, 0.25) is 0 Å². The number of aromatic amines is 1. The van der Waals surface area contributed by atoms with E-state index < -0.39 is 0 Å². The minimum atomic E-state index is 0.0296. The lowest BCUT2D eigenvalue weighted by molar-refractivity contribution is 0.0759. The number of methoxy groups -OCH3 is 1. The van der Waals surface area contributed by atoms with E-state index in [-0.39, 0.29) is 5.91 Å². The van der Waals surface area contributed by atoms with Gasteiger partial charge in [0.2, 0.25) is 0 Å². The standard InChI is InChI=1S/C28H30N4O3/c1-34-25-10-8-22(18-26(25)35-19-24-6-2-3-13-29-24)28(33)32-15-4-5-20(12-16-32)17-23-9-7-21-11-14-30-27(21)31-23/h2-3,6-11,13-14,18,20H,4-5,12,15-17,19H2,1H3,(H,30,31). The smallest absolute Gasteiger partial charge is 0.253 e. The molecule has 7 nitrogen and oxygen atoms in total. The molecule has 1 aliphatic rings. The van der Waals surface area contributed by atoms with E-state index in [0.29, 0.717) is 29.6 Å². The molecule has 1 aliphatic heterocycles. The molecule has 0 aliphatic carbocycles. The number of nitrogens with zero attached hydrogens (tertiary/aromatic N) is 3. The lowest BCUT2D eigenvalue weighted by atomic mass is 9.95. The molecule has 1 atom stereocenters. The van der Waals surface area contributed by atoms with Crippen LogP contribution >= 0.6 is 0 Å². The number of ether oxygens (including phenoxy) is 2. The molecule has 3 aromatic heterocycles. The van der Waals surface area contributed by atoms with Gasteiger partial charge in [0.15, 0.2) is 11.5 Å². The van der Waals surface area contributed by atoms with Crippen molar-refractivity contribution < 1.29 is 14.3 Å². The average Bonchev–Trinajstić information content (AvgIpc) is 3.25. The van der Waals surface area contributed by atoms with E-state index in [1.165, 1.54) is 0 Å². The molecular formula is C28H30N4O3. The largest absolute Gasteiger partial charge is 0.493 e. The molecule has 0 radical (unpaired) electrons. The number of hydrogen-bond acceptors (Lipinski definition) is 5. The third-order valence-corrected chi connectivity index (χ3v) is 6.61.